The fourth-order valence-corrected chi connectivity index (χ4v) is 6.05. The van der Waals surface area contributed by atoms with Crippen LogP contribution in [-0.4, -0.2) is 54.7 Å². The van der Waals surface area contributed by atoms with Gasteiger partial charge in [0, 0.05) is 20.8 Å². The van der Waals surface area contributed by atoms with Gasteiger partial charge >= 0.3 is 17.9 Å². The number of carbonyl (C=O) groups excluding carboxylic acids is 3. The molecule has 0 aromatic heterocycles. The molecule has 2 aliphatic carbocycles. The largest absolute Gasteiger partial charge is 0.456 e. The molecule has 3 fully saturated rings. The van der Waals surface area contributed by atoms with Crippen LogP contribution in [0.2, 0.25) is 0 Å². The van der Waals surface area contributed by atoms with Gasteiger partial charge in [0.2, 0.25) is 0 Å². The van der Waals surface area contributed by atoms with Gasteiger partial charge < -0.3 is 23.7 Å². The molecule has 8 nitrogen and oxygen atoms in total. The summed E-state index contributed by atoms with van der Waals surface area (Å²) >= 11 is 0. The highest BCUT2D eigenvalue weighted by atomic mass is 16.7. The normalized spacial score (nSPS) is 36.2. The molecule has 3 rings (SSSR count). The predicted octanol–water partition coefficient (Wildman–Crippen LogP) is 4.10. The molecule has 1 aliphatic heterocycles. The smallest absolute Gasteiger partial charge is 0.303 e. The van der Waals surface area contributed by atoms with Crippen molar-refractivity contribution in [2.24, 2.45) is 17.3 Å². The number of hydrogen-bond donors (Lipinski definition) is 0. The quantitative estimate of drug-likeness (QED) is 0.318. The summed E-state index contributed by atoms with van der Waals surface area (Å²) in [6.07, 6.45) is 2.63. The Bertz CT molecular complexity index is 805. The fraction of sp³-hybridized carbons (Fsp3) is 0.808. The predicted molar refractivity (Wildman–Crippen MR) is 123 cm³/mol. The van der Waals surface area contributed by atoms with Gasteiger partial charge in [-0.25, -0.2) is 0 Å². The minimum absolute atomic E-state index is 0.0434. The first-order valence-electron chi connectivity index (χ1n) is 12.3. The van der Waals surface area contributed by atoms with Crippen LogP contribution < -0.4 is 0 Å². The van der Waals surface area contributed by atoms with Gasteiger partial charge in [-0.1, -0.05) is 19.1 Å². The molecule has 0 spiro atoms. The summed E-state index contributed by atoms with van der Waals surface area (Å²) in [5.41, 5.74) is 1.03. The topological polar surface area (TPSA) is 97.4 Å². The van der Waals surface area contributed by atoms with Gasteiger partial charge in [-0.2, -0.15) is 0 Å². The summed E-state index contributed by atoms with van der Waals surface area (Å²) in [6, 6.07) is 0. The van der Waals surface area contributed by atoms with Crippen molar-refractivity contribution in [3.63, 3.8) is 0 Å². The van der Waals surface area contributed by atoms with Crippen molar-refractivity contribution in [1.82, 2.24) is 0 Å². The zero-order valence-electron chi connectivity index (χ0n) is 21.4. The number of hydrogen-bond acceptors (Lipinski definition) is 8. The molecule has 0 aromatic rings. The Hall–Kier alpha value is -1.93. The third-order valence-electron chi connectivity index (χ3n) is 7.87. The molecule has 3 aliphatic rings. The number of rotatable bonds is 6. The highest BCUT2D eigenvalue weighted by Gasteiger charge is 2.52. The number of ether oxygens (including phenoxy) is 5. The molecule has 8 heteroatoms. The second-order valence-corrected chi connectivity index (χ2v) is 10.9. The number of carbonyl (C=O) groups is 3. The molecule has 1 saturated heterocycles. The Balaban J connectivity index is 1.79. The molecule has 0 radical (unpaired) electrons. The molecule has 0 unspecified atom stereocenters. The van der Waals surface area contributed by atoms with Crippen LogP contribution >= 0.6 is 0 Å². The average Bonchev–Trinajstić information content (AvgIpc) is 2.70. The molecular weight excluding hydrogens is 440 g/mol. The van der Waals surface area contributed by atoms with Crippen molar-refractivity contribution < 1.29 is 38.1 Å². The molecule has 0 bridgehead atoms. The van der Waals surface area contributed by atoms with E-state index in [0.29, 0.717) is 11.3 Å². The Morgan fingerprint density at radius 1 is 1.00 bits per heavy atom. The zero-order chi connectivity index (χ0) is 25.3. The van der Waals surface area contributed by atoms with Crippen LogP contribution in [0, 0.1) is 17.3 Å². The summed E-state index contributed by atoms with van der Waals surface area (Å²) in [5, 5.41) is 0. The Morgan fingerprint density at radius 3 is 2.24 bits per heavy atom. The summed E-state index contributed by atoms with van der Waals surface area (Å²) < 4.78 is 28.6. The van der Waals surface area contributed by atoms with E-state index >= 15 is 0 Å². The SMILES string of the molecule is C=C1CCC[C@]2(C)CC[C@@H](C(C)(C)O[C@@H]3OC[C@@H](OC(C)=O)[C@H](OC(C)=O)[C@H]3OC(C)=O)C[C@@H]12. The average molecular weight is 481 g/mol. The standard InChI is InChI=1S/C26H40O8/c1-15-9-8-11-26(7)12-10-19(13-20(15)26)25(5,6)34-24-23(33-18(4)29)22(32-17(3)28)21(14-30-24)31-16(2)27/h19-24H,1,8-14H2,2-7H3/t19-,20+,21-,22+,23-,24+,26-/m1/s1. The Kier molecular flexibility index (Phi) is 8.13. The van der Waals surface area contributed by atoms with Crippen molar-refractivity contribution in [2.45, 2.75) is 110 Å². The molecule has 7 atom stereocenters. The van der Waals surface area contributed by atoms with Gasteiger partial charge in [0.1, 0.15) is 0 Å². The van der Waals surface area contributed by atoms with E-state index in [1.54, 1.807) is 0 Å². The van der Waals surface area contributed by atoms with E-state index in [2.05, 4.69) is 13.5 Å². The van der Waals surface area contributed by atoms with Crippen LogP contribution in [0.1, 0.15) is 80.1 Å². The first kappa shape index (κ1) is 26.7. The number of fused-ring (bicyclic) bond motifs is 1. The van der Waals surface area contributed by atoms with Crippen molar-refractivity contribution in [3.8, 4) is 0 Å². The molecule has 0 amide bonds. The fourth-order valence-electron chi connectivity index (χ4n) is 6.05. The lowest BCUT2D eigenvalue weighted by Gasteiger charge is -2.52. The van der Waals surface area contributed by atoms with Gasteiger partial charge in [0.25, 0.3) is 0 Å². The zero-order valence-corrected chi connectivity index (χ0v) is 21.4. The first-order valence-corrected chi connectivity index (χ1v) is 12.3. The number of allylic oxidation sites excluding steroid dienone is 1. The van der Waals surface area contributed by atoms with E-state index in [1.807, 2.05) is 13.8 Å². The highest BCUT2D eigenvalue weighted by Crippen LogP contribution is 2.55. The van der Waals surface area contributed by atoms with Crippen LogP contribution in [0.15, 0.2) is 12.2 Å². The second-order valence-electron chi connectivity index (χ2n) is 10.9. The molecule has 0 aromatic carbocycles. The van der Waals surface area contributed by atoms with Crippen molar-refractivity contribution in [1.29, 1.82) is 0 Å². The Labute approximate surface area is 202 Å². The van der Waals surface area contributed by atoms with Crippen molar-refractivity contribution >= 4 is 17.9 Å². The minimum Gasteiger partial charge on any atom is -0.456 e. The van der Waals surface area contributed by atoms with E-state index in [1.165, 1.54) is 39.2 Å². The van der Waals surface area contributed by atoms with Crippen LogP contribution in [-0.2, 0) is 38.1 Å². The Morgan fingerprint density at radius 2 is 1.62 bits per heavy atom. The lowest BCUT2D eigenvalue weighted by molar-refractivity contribution is -0.310. The summed E-state index contributed by atoms with van der Waals surface area (Å²) in [7, 11) is 0. The molecule has 34 heavy (non-hydrogen) atoms. The van der Waals surface area contributed by atoms with E-state index in [4.69, 9.17) is 23.7 Å². The lowest BCUT2D eigenvalue weighted by atomic mass is 9.55. The molecular formula is C26H40O8. The lowest BCUT2D eigenvalue weighted by Crippen LogP contribution is -2.60. The van der Waals surface area contributed by atoms with E-state index in [-0.39, 0.29) is 12.5 Å². The summed E-state index contributed by atoms with van der Waals surface area (Å²) in [5.74, 6) is -0.999. The first-order chi connectivity index (χ1) is 15.8. The van der Waals surface area contributed by atoms with E-state index < -0.39 is 48.1 Å². The second kappa shape index (κ2) is 10.4. The van der Waals surface area contributed by atoms with Crippen molar-refractivity contribution in [2.75, 3.05) is 6.61 Å². The monoisotopic (exact) mass is 480 g/mol. The van der Waals surface area contributed by atoms with Gasteiger partial charge in [-0.15, -0.1) is 0 Å². The molecule has 1 heterocycles. The van der Waals surface area contributed by atoms with Crippen LogP contribution in [0.25, 0.3) is 0 Å². The van der Waals surface area contributed by atoms with E-state index in [0.717, 1.165) is 25.7 Å². The van der Waals surface area contributed by atoms with Gasteiger partial charge in [-0.05, 0) is 69.6 Å². The number of esters is 3. The molecule has 0 N–H and O–H groups in total. The highest BCUT2D eigenvalue weighted by molar-refractivity contribution is 5.68. The van der Waals surface area contributed by atoms with Gasteiger partial charge in [0.05, 0.1) is 12.2 Å². The maximum absolute atomic E-state index is 11.9. The van der Waals surface area contributed by atoms with Gasteiger partial charge in [0.15, 0.2) is 24.6 Å². The third kappa shape index (κ3) is 6.00. The van der Waals surface area contributed by atoms with E-state index in [9.17, 15) is 14.4 Å². The minimum atomic E-state index is -1.07. The third-order valence-corrected chi connectivity index (χ3v) is 7.87. The van der Waals surface area contributed by atoms with Gasteiger partial charge in [-0.3, -0.25) is 14.4 Å². The van der Waals surface area contributed by atoms with Crippen molar-refractivity contribution in [3.05, 3.63) is 12.2 Å². The summed E-state index contributed by atoms with van der Waals surface area (Å²) in [4.78, 5) is 35.3. The molecule has 2 saturated carbocycles. The summed E-state index contributed by atoms with van der Waals surface area (Å²) in [6.45, 7) is 14.5. The maximum Gasteiger partial charge on any atom is 0.303 e. The van der Waals surface area contributed by atoms with Crippen LogP contribution in [0.3, 0.4) is 0 Å². The van der Waals surface area contributed by atoms with Crippen LogP contribution in [0.5, 0.6) is 0 Å². The molecule has 192 valence electrons. The van der Waals surface area contributed by atoms with Crippen LogP contribution in [0.4, 0.5) is 0 Å². The maximum atomic E-state index is 11.9.